The molecule has 0 aliphatic rings. The summed E-state index contributed by atoms with van der Waals surface area (Å²) in [6, 6.07) is 10.4. The van der Waals surface area contributed by atoms with Gasteiger partial charge in [-0.15, -0.1) is 0 Å². The summed E-state index contributed by atoms with van der Waals surface area (Å²) in [4.78, 5) is 8.78. The van der Waals surface area contributed by atoms with Crippen LogP contribution in [0.1, 0.15) is 12.5 Å². The highest BCUT2D eigenvalue weighted by molar-refractivity contribution is 5.81. The monoisotopic (exact) mass is 266 g/mol. The molecule has 4 heteroatoms. The molecule has 0 amide bonds. The highest BCUT2D eigenvalue weighted by Gasteiger charge is 2.09. The third kappa shape index (κ3) is 2.30. The number of hydrogen-bond acceptors (Lipinski definition) is 3. The molecule has 0 aliphatic heterocycles. The van der Waals surface area contributed by atoms with Gasteiger partial charge in [0.2, 0.25) is 0 Å². The molecule has 0 saturated heterocycles. The highest BCUT2D eigenvalue weighted by atomic mass is 15.1. The molecule has 20 heavy (non-hydrogen) atoms. The SMILES string of the molecule is CCNCc1ccc2nc(-c3ccncc3)n(C)c2c1. The van der Waals surface area contributed by atoms with Crippen LogP contribution in [-0.2, 0) is 13.6 Å². The lowest BCUT2D eigenvalue weighted by molar-refractivity contribution is 0.727. The minimum Gasteiger partial charge on any atom is -0.327 e. The minimum atomic E-state index is 0.891. The Morgan fingerprint density at radius 2 is 1.95 bits per heavy atom. The van der Waals surface area contributed by atoms with E-state index in [1.54, 1.807) is 12.4 Å². The molecule has 2 aromatic heterocycles. The summed E-state index contributed by atoms with van der Waals surface area (Å²) in [5, 5.41) is 3.35. The molecule has 4 nitrogen and oxygen atoms in total. The van der Waals surface area contributed by atoms with Crippen molar-refractivity contribution in [3.05, 3.63) is 48.3 Å². The van der Waals surface area contributed by atoms with E-state index in [1.165, 1.54) is 5.56 Å². The average molecular weight is 266 g/mol. The van der Waals surface area contributed by atoms with Crippen molar-refractivity contribution < 1.29 is 0 Å². The minimum absolute atomic E-state index is 0.891. The van der Waals surface area contributed by atoms with Crippen molar-refractivity contribution >= 4 is 11.0 Å². The summed E-state index contributed by atoms with van der Waals surface area (Å²) in [6.45, 7) is 3.98. The molecule has 3 rings (SSSR count). The molecule has 1 N–H and O–H groups in total. The van der Waals surface area contributed by atoms with E-state index in [0.717, 1.165) is 35.5 Å². The van der Waals surface area contributed by atoms with Gasteiger partial charge in [0, 0.05) is 31.5 Å². The second kappa shape index (κ2) is 5.43. The largest absolute Gasteiger partial charge is 0.327 e. The first kappa shape index (κ1) is 12.8. The maximum absolute atomic E-state index is 4.72. The Morgan fingerprint density at radius 1 is 1.15 bits per heavy atom. The number of nitrogens with zero attached hydrogens (tertiary/aromatic N) is 3. The van der Waals surface area contributed by atoms with Gasteiger partial charge < -0.3 is 9.88 Å². The summed E-state index contributed by atoms with van der Waals surface area (Å²) in [7, 11) is 2.06. The molecule has 0 spiro atoms. The van der Waals surface area contributed by atoms with Gasteiger partial charge in [0.25, 0.3) is 0 Å². The van der Waals surface area contributed by atoms with E-state index < -0.39 is 0 Å². The Bertz CT molecular complexity index is 716. The average Bonchev–Trinajstić information content (AvgIpc) is 2.83. The zero-order chi connectivity index (χ0) is 13.9. The lowest BCUT2D eigenvalue weighted by Gasteiger charge is -2.04. The van der Waals surface area contributed by atoms with Crippen LogP contribution in [-0.4, -0.2) is 21.1 Å². The molecule has 0 saturated carbocycles. The predicted molar refractivity (Wildman–Crippen MR) is 81.3 cm³/mol. The summed E-state index contributed by atoms with van der Waals surface area (Å²) < 4.78 is 2.14. The van der Waals surface area contributed by atoms with Crippen molar-refractivity contribution in [1.82, 2.24) is 19.9 Å². The molecule has 2 heterocycles. The van der Waals surface area contributed by atoms with Crippen molar-refractivity contribution in [3.63, 3.8) is 0 Å². The zero-order valence-corrected chi connectivity index (χ0v) is 11.8. The molecule has 0 fully saturated rings. The first-order chi connectivity index (χ1) is 9.79. The smallest absolute Gasteiger partial charge is 0.140 e. The lowest BCUT2D eigenvalue weighted by atomic mass is 10.2. The van der Waals surface area contributed by atoms with Gasteiger partial charge in [-0.05, 0) is 36.4 Å². The predicted octanol–water partition coefficient (Wildman–Crippen LogP) is 2.74. The first-order valence-corrected chi connectivity index (χ1v) is 6.86. The third-order valence-corrected chi connectivity index (χ3v) is 3.46. The Morgan fingerprint density at radius 3 is 2.70 bits per heavy atom. The number of benzene rings is 1. The lowest BCUT2D eigenvalue weighted by Crippen LogP contribution is -2.11. The van der Waals surface area contributed by atoms with Crippen LogP contribution in [0, 0.1) is 0 Å². The normalized spacial score (nSPS) is 11.1. The summed E-state index contributed by atoms with van der Waals surface area (Å²) in [6.07, 6.45) is 3.59. The Balaban J connectivity index is 2.06. The van der Waals surface area contributed by atoms with Crippen LogP contribution in [0.2, 0.25) is 0 Å². The van der Waals surface area contributed by atoms with Crippen LogP contribution in [0.3, 0.4) is 0 Å². The topological polar surface area (TPSA) is 42.7 Å². The second-order valence-corrected chi connectivity index (χ2v) is 4.83. The Labute approximate surface area is 118 Å². The maximum atomic E-state index is 4.72. The maximum Gasteiger partial charge on any atom is 0.140 e. The third-order valence-electron chi connectivity index (χ3n) is 3.46. The molecular formula is C16H18N4. The zero-order valence-electron chi connectivity index (χ0n) is 11.8. The fraction of sp³-hybridized carbons (Fsp3) is 0.250. The van der Waals surface area contributed by atoms with Crippen LogP contribution in [0.5, 0.6) is 0 Å². The van der Waals surface area contributed by atoms with Crippen molar-refractivity contribution in [3.8, 4) is 11.4 Å². The van der Waals surface area contributed by atoms with Crippen molar-refractivity contribution in [2.75, 3.05) is 6.54 Å². The number of aromatic nitrogens is 3. The van der Waals surface area contributed by atoms with Crippen LogP contribution >= 0.6 is 0 Å². The quantitative estimate of drug-likeness (QED) is 0.789. The van der Waals surface area contributed by atoms with Gasteiger partial charge in [-0.25, -0.2) is 4.98 Å². The van der Waals surface area contributed by atoms with E-state index in [-0.39, 0.29) is 0 Å². The number of nitrogens with one attached hydrogen (secondary N) is 1. The molecular weight excluding hydrogens is 248 g/mol. The summed E-state index contributed by atoms with van der Waals surface area (Å²) >= 11 is 0. The van der Waals surface area contributed by atoms with E-state index in [4.69, 9.17) is 4.98 Å². The number of imidazole rings is 1. The second-order valence-electron chi connectivity index (χ2n) is 4.83. The van der Waals surface area contributed by atoms with Crippen LogP contribution in [0.15, 0.2) is 42.7 Å². The van der Waals surface area contributed by atoms with Crippen LogP contribution in [0.4, 0.5) is 0 Å². The molecule has 0 bridgehead atoms. The molecule has 0 radical (unpaired) electrons. The molecule has 1 aromatic carbocycles. The van der Waals surface area contributed by atoms with E-state index in [2.05, 4.69) is 47.0 Å². The molecule has 0 unspecified atom stereocenters. The van der Waals surface area contributed by atoms with Gasteiger partial charge >= 0.3 is 0 Å². The molecule has 0 atom stereocenters. The van der Waals surface area contributed by atoms with E-state index in [0.29, 0.717) is 0 Å². The fourth-order valence-electron chi connectivity index (χ4n) is 2.37. The van der Waals surface area contributed by atoms with Crippen molar-refractivity contribution in [1.29, 1.82) is 0 Å². The number of pyridine rings is 1. The molecule has 102 valence electrons. The van der Waals surface area contributed by atoms with Gasteiger partial charge in [-0.2, -0.15) is 0 Å². The van der Waals surface area contributed by atoms with Gasteiger partial charge in [0.1, 0.15) is 5.82 Å². The fourth-order valence-corrected chi connectivity index (χ4v) is 2.37. The van der Waals surface area contributed by atoms with Crippen LogP contribution < -0.4 is 5.32 Å². The van der Waals surface area contributed by atoms with Gasteiger partial charge in [0.15, 0.2) is 0 Å². The van der Waals surface area contributed by atoms with Gasteiger partial charge in [-0.1, -0.05) is 13.0 Å². The molecule has 3 aromatic rings. The number of aryl methyl sites for hydroxylation is 1. The van der Waals surface area contributed by atoms with Gasteiger partial charge in [-0.3, -0.25) is 4.98 Å². The summed E-state index contributed by atoms with van der Waals surface area (Å²) in [5.41, 5.74) is 4.56. The Hall–Kier alpha value is -2.20. The highest BCUT2D eigenvalue weighted by Crippen LogP contribution is 2.23. The number of hydrogen-bond donors (Lipinski definition) is 1. The van der Waals surface area contributed by atoms with Crippen molar-refractivity contribution in [2.24, 2.45) is 7.05 Å². The summed E-state index contributed by atoms with van der Waals surface area (Å²) in [5.74, 6) is 0.975. The van der Waals surface area contributed by atoms with E-state index in [1.807, 2.05) is 12.1 Å². The first-order valence-electron chi connectivity index (χ1n) is 6.86. The number of fused-ring (bicyclic) bond motifs is 1. The van der Waals surface area contributed by atoms with Gasteiger partial charge in [0.05, 0.1) is 11.0 Å². The van der Waals surface area contributed by atoms with E-state index >= 15 is 0 Å². The standard InChI is InChI=1S/C16H18N4/c1-3-17-11-12-4-5-14-15(10-12)20(2)16(19-14)13-6-8-18-9-7-13/h4-10,17H,3,11H2,1-2H3. The van der Waals surface area contributed by atoms with Crippen molar-refractivity contribution in [2.45, 2.75) is 13.5 Å². The number of rotatable bonds is 4. The van der Waals surface area contributed by atoms with E-state index in [9.17, 15) is 0 Å². The Kier molecular flexibility index (Phi) is 3.48. The molecule has 0 aliphatic carbocycles. The van der Waals surface area contributed by atoms with Crippen LogP contribution in [0.25, 0.3) is 22.4 Å².